The number of rotatable bonds is 3. The first-order valence-electron chi connectivity index (χ1n) is 3.78. The van der Waals surface area contributed by atoms with Crippen molar-refractivity contribution in [1.82, 2.24) is 0 Å². The lowest BCUT2D eigenvalue weighted by Crippen LogP contribution is -2.20. The summed E-state index contributed by atoms with van der Waals surface area (Å²) in [5.74, 6) is 0. The van der Waals surface area contributed by atoms with Gasteiger partial charge in [0.25, 0.3) is 0 Å². The number of hydrogen-bond acceptors (Lipinski definition) is 2. The molecule has 1 atom stereocenters. The first-order chi connectivity index (χ1) is 4.75. The van der Waals surface area contributed by atoms with Gasteiger partial charge in [-0.2, -0.15) is 5.26 Å². The average molecular weight is 139 g/mol. The number of hydrogen-bond donors (Lipinski definition) is 0. The van der Waals surface area contributed by atoms with Gasteiger partial charge in [0.2, 0.25) is 0 Å². The molecule has 1 unspecified atom stereocenters. The molecule has 2 nitrogen and oxygen atoms in total. The zero-order chi connectivity index (χ0) is 7.61. The maximum atomic E-state index is 8.72. The molecule has 0 heterocycles. The van der Waals surface area contributed by atoms with E-state index in [1.807, 2.05) is 13.8 Å². The molecule has 1 saturated carbocycles. The maximum Gasteiger partial charge on any atom is 0.0833 e. The molecule has 1 aliphatic carbocycles. The number of nitriles is 1. The van der Waals surface area contributed by atoms with Crippen LogP contribution in [-0.2, 0) is 4.74 Å². The number of nitrogens with zero attached hydrogens (tertiary/aromatic N) is 1. The van der Waals surface area contributed by atoms with Gasteiger partial charge in [0, 0.05) is 6.61 Å². The van der Waals surface area contributed by atoms with Crippen LogP contribution in [0.2, 0.25) is 0 Å². The molecule has 0 amide bonds. The molecule has 0 bridgehead atoms. The molecule has 0 radical (unpaired) electrons. The van der Waals surface area contributed by atoms with E-state index in [-0.39, 0.29) is 11.5 Å². The molecule has 1 aliphatic rings. The molecular formula is C8H13NO. The van der Waals surface area contributed by atoms with E-state index in [0.717, 1.165) is 12.8 Å². The van der Waals surface area contributed by atoms with Gasteiger partial charge in [-0.1, -0.05) is 0 Å². The Balaban J connectivity index is 2.41. The van der Waals surface area contributed by atoms with Crippen LogP contribution in [0.25, 0.3) is 0 Å². The van der Waals surface area contributed by atoms with E-state index < -0.39 is 0 Å². The highest BCUT2D eigenvalue weighted by Crippen LogP contribution is 2.48. The zero-order valence-corrected chi connectivity index (χ0v) is 6.55. The van der Waals surface area contributed by atoms with Crippen LogP contribution in [0.15, 0.2) is 0 Å². The molecule has 1 rings (SSSR count). The van der Waals surface area contributed by atoms with Gasteiger partial charge in [-0.05, 0) is 26.7 Å². The van der Waals surface area contributed by atoms with Crippen molar-refractivity contribution in [3.05, 3.63) is 0 Å². The van der Waals surface area contributed by atoms with Gasteiger partial charge in [-0.25, -0.2) is 0 Å². The van der Waals surface area contributed by atoms with Gasteiger partial charge < -0.3 is 4.74 Å². The van der Waals surface area contributed by atoms with Crippen LogP contribution in [0.5, 0.6) is 0 Å². The lowest BCUT2D eigenvalue weighted by Gasteiger charge is -2.15. The van der Waals surface area contributed by atoms with E-state index in [9.17, 15) is 0 Å². The Morgan fingerprint density at radius 3 is 2.60 bits per heavy atom. The van der Waals surface area contributed by atoms with Gasteiger partial charge >= 0.3 is 0 Å². The zero-order valence-electron chi connectivity index (χ0n) is 6.55. The lowest BCUT2D eigenvalue weighted by atomic mass is 10.0. The van der Waals surface area contributed by atoms with Crippen molar-refractivity contribution in [2.75, 3.05) is 6.61 Å². The normalized spacial score (nSPS) is 23.3. The smallest absolute Gasteiger partial charge is 0.0833 e. The van der Waals surface area contributed by atoms with E-state index in [1.165, 1.54) is 0 Å². The first kappa shape index (κ1) is 7.56. The molecule has 0 N–H and O–H groups in total. The third-order valence-corrected chi connectivity index (χ3v) is 2.21. The molecule has 2 heteroatoms. The Bertz CT molecular complexity index is 155. The highest BCUT2D eigenvalue weighted by molar-refractivity contribution is 5.13. The van der Waals surface area contributed by atoms with Crippen LogP contribution < -0.4 is 0 Å². The van der Waals surface area contributed by atoms with Crippen molar-refractivity contribution in [3.63, 3.8) is 0 Å². The summed E-state index contributed by atoms with van der Waals surface area (Å²) in [6.45, 7) is 4.66. The van der Waals surface area contributed by atoms with Crippen LogP contribution in [0.4, 0.5) is 0 Å². The van der Waals surface area contributed by atoms with Crippen molar-refractivity contribution < 1.29 is 4.74 Å². The Morgan fingerprint density at radius 1 is 1.70 bits per heavy atom. The van der Waals surface area contributed by atoms with Crippen LogP contribution in [-0.4, -0.2) is 12.7 Å². The van der Waals surface area contributed by atoms with Gasteiger partial charge in [0.15, 0.2) is 0 Å². The summed E-state index contributed by atoms with van der Waals surface area (Å²) in [6, 6.07) is 2.31. The highest BCUT2D eigenvalue weighted by atomic mass is 16.5. The predicted molar refractivity (Wildman–Crippen MR) is 38.4 cm³/mol. The Labute approximate surface area is 61.8 Å². The van der Waals surface area contributed by atoms with Gasteiger partial charge in [0.1, 0.15) is 0 Å². The van der Waals surface area contributed by atoms with E-state index >= 15 is 0 Å². The second kappa shape index (κ2) is 2.59. The number of ether oxygens (including phenoxy) is 1. The van der Waals surface area contributed by atoms with Crippen LogP contribution >= 0.6 is 0 Å². The van der Waals surface area contributed by atoms with Crippen LogP contribution in [0.3, 0.4) is 0 Å². The molecule has 0 aromatic carbocycles. The Kier molecular flexibility index (Phi) is 1.96. The van der Waals surface area contributed by atoms with Crippen molar-refractivity contribution in [3.8, 4) is 6.07 Å². The molecule has 0 spiro atoms. The minimum atomic E-state index is -0.115. The standard InChI is InChI=1S/C8H13NO/c1-3-10-7(2)8(6-9)4-5-8/h7H,3-5H2,1-2H3. The topological polar surface area (TPSA) is 33.0 Å². The minimum Gasteiger partial charge on any atom is -0.377 e. The van der Waals surface area contributed by atoms with Gasteiger partial charge in [-0.3, -0.25) is 0 Å². The molecule has 56 valence electrons. The molecule has 1 fully saturated rings. The van der Waals surface area contributed by atoms with Crippen LogP contribution in [0.1, 0.15) is 26.7 Å². The van der Waals surface area contributed by atoms with Crippen molar-refractivity contribution in [2.24, 2.45) is 5.41 Å². The lowest BCUT2D eigenvalue weighted by molar-refractivity contribution is 0.0411. The molecule has 0 aromatic heterocycles. The largest absolute Gasteiger partial charge is 0.377 e. The van der Waals surface area contributed by atoms with E-state index in [4.69, 9.17) is 10.00 Å². The third-order valence-electron chi connectivity index (χ3n) is 2.21. The Morgan fingerprint density at radius 2 is 2.30 bits per heavy atom. The van der Waals surface area contributed by atoms with Gasteiger partial charge in [-0.15, -0.1) is 0 Å². The van der Waals surface area contributed by atoms with E-state index in [2.05, 4.69) is 6.07 Å². The van der Waals surface area contributed by atoms with Crippen molar-refractivity contribution >= 4 is 0 Å². The third kappa shape index (κ3) is 1.15. The fourth-order valence-electron chi connectivity index (χ4n) is 1.15. The first-order valence-corrected chi connectivity index (χ1v) is 3.78. The summed E-state index contributed by atoms with van der Waals surface area (Å²) >= 11 is 0. The quantitative estimate of drug-likeness (QED) is 0.596. The summed E-state index contributed by atoms with van der Waals surface area (Å²) in [4.78, 5) is 0. The van der Waals surface area contributed by atoms with E-state index in [1.54, 1.807) is 0 Å². The average Bonchev–Trinajstić information content (AvgIpc) is 2.68. The SMILES string of the molecule is CCOC(C)C1(C#N)CC1. The van der Waals surface area contributed by atoms with Gasteiger partial charge in [0.05, 0.1) is 17.6 Å². The summed E-state index contributed by atoms with van der Waals surface area (Å²) < 4.78 is 5.34. The van der Waals surface area contributed by atoms with Crippen LogP contribution in [0, 0.1) is 16.7 Å². The predicted octanol–water partition coefficient (Wildman–Crippen LogP) is 1.72. The molecule has 0 aromatic rings. The summed E-state index contributed by atoms with van der Waals surface area (Å²) in [5.41, 5.74) is -0.115. The van der Waals surface area contributed by atoms with Crippen molar-refractivity contribution in [2.45, 2.75) is 32.8 Å². The molecule has 10 heavy (non-hydrogen) atoms. The summed E-state index contributed by atoms with van der Waals surface area (Å²) in [5, 5.41) is 8.72. The molecular weight excluding hydrogens is 126 g/mol. The highest BCUT2D eigenvalue weighted by Gasteiger charge is 2.48. The molecule has 0 saturated heterocycles. The maximum absolute atomic E-state index is 8.72. The fourth-order valence-corrected chi connectivity index (χ4v) is 1.15. The minimum absolute atomic E-state index is 0.115. The summed E-state index contributed by atoms with van der Waals surface area (Å²) in [7, 11) is 0. The molecule has 0 aliphatic heterocycles. The second-order valence-corrected chi connectivity index (χ2v) is 2.87. The van der Waals surface area contributed by atoms with Crippen molar-refractivity contribution in [1.29, 1.82) is 5.26 Å². The van der Waals surface area contributed by atoms with E-state index in [0.29, 0.717) is 6.61 Å². The second-order valence-electron chi connectivity index (χ2n) is 2.87. The fraction of sp³-hybridized carbons (Fsp3) is 0.875. The monoisotopic (exact) mass is 139 g/mol. The Hall–Kier alpha value is -0.550. The summed E-state index contributed by atoms with van der Waals surface area (Å²) in [6.07, 6.45) is 2.16.